The van der Waals surface area contributed by atoms with Gasteiger partial charge in [0.2, 0.25) is 10.0 Å². The van der Waals surface area contributed by atoms with Crippen LogP contribution in [0.3, 0.4) is 0 Å². The van der Waals surface area contributed by atoms with E-state index < -0.39 is 34.1 Å². The van der Waals surface area contributed by atoms with E-state index in [2.05, 4.69) is 16.2 Å². The number of carbonyl (C=O) groups excluding carboxylic acids is 1. The van der Waals surface area contributed by atoms with Gasteiger partial charge in [-0.15, -0.1) is 0 Å². The van der Waals surface area contributed by atoms with Gasteiger partial charge in [0.1, 0.15) is 11.6 Å². The summed E-state index contributed by atoms with van der Waals surface area (Å²) in [7, 11) is -2.76. The van der Waals surface area contributed by atoms with Crippen LogP contribution in [0.25, 0.3) is 0 Å². The summed E-state index contributed by atoms with van der Waals surface area (Å²) in [5.74, 6) is -1.81. The summed E-state index contributed by atoms with van der Waals surface area (Å²) in [5, 5.41) is 2.46. The third kappa shape index (κ3) is 5.67. The number of likely N-dealkylation sites (N-methyl/N-ethyl adjacent to an activating group) is 1. The van der Waals surface area contributed by atoms with Gasteiger partial charge in [-0.2, -0.15) is 4.31 Å². The average molecular weight is 414 g/mol. The van der Waals surface area contributed by atoms with Crippen molar-refractivity contribution in [1.82, 2.24) is 15.2 Å². The molecular formula is C16H16F2N4O3S2. The minimum Gasteiger partial charge on any atom is -0.329 e. The van der Waals surface area contributed by atoms with Crippen molar-refractivity contribution < 1.29 is 22.0 Å². The molecule has 0 radical (unpaired) electrons. The summed E-state index contributed by atoms with van der Waals surface area (Å²) in [6.07, 6.45) is 0. The number of benzene rings is 2. The summed E-state index contributed by atoms with van der Waals surface area (Å²) in [6, 6.07) is 10.0. The van der Waals surface area contributed by atoms with E-state index in [9.17, 15) is 22.0 Å². The number of anilines is 1. The van der Waals surface area contributed by atoms with Crippen molar-refractivity contribution in [3.8, 4) is 0 Å². The van der Waals surface area contributed by atoms with E-state index in [1.165, 1.54) is 25.2 Å². The molecule has 0 aliphatic heterocycles. The van der Waals surface area contributed by atoms with Crippen molar-refractivity contribution in [2.45, 2.75) is 4.90 Å². The van der Waals surface area contributed by atoms with Gasteiger partial charge in [-0.1, -0.05) is 12.1 Å². The number of carbonyl (C=O) groups is 1. The quantitative estimate of drug-likeness (QED) is 0.509. The first-order valence-corrected chi connectivity index (χ1v) is 9.37. The number of para-hydroxylation sites is 1. The second kappa shape index (κ2) is 8.84. The minimum absolute atomic E-state index is 0.0857. The van der Waals surface area contributed by atoms with Gasteiger partial charge in [0, 0.05) is 7.05 Å². The Bertz CT molecular complexity index is 937. The van der Waals surface area contributed by atoms with Gasteiger partial charge >= 0.3 is 0 Å². The Balaban J connectivity index is 1.88. The monoisotopic (exact) mass is 414 g/mol. The molecule has 0 unspecified atom stereocenters. The summed E-state index contributed by atoms with van der Waals surface area (Å²) >= 11 is 4.92. The molecule has 0 atom stereocenters. The molecule has 7 nitrogen and oxygen atoms in total. The number of nitrogens with zero attached hydrogens (tertiary/aromatic N) is 1. The Labute approximate surface area is 160 Å². The zero-order valence-electron chi connectivity index (χ0n) is 14.1. The number of amides is 1. The van der Waals surface area contributed by atoms with Crippen molar-refractivity contribution in [2.75, 3.05) is 18.9 Å². The number of sulfonamides is 1. The van der Waals surface area contributed by atoms with Crippen molar-refractivity contribution in [1.29, 1.82) is 0 Å². The van der Waals surface area contributed by atoms with Gasteiger partial charge in [-0.3, -0.25) is 15.6 Å². The summed E-state index contributed by atoms with van der Waals surface area (Å²) in [4.78, 5) is 11.8. The molecule has 144 valence electrons. The van der Waals surface area contributed by atoms with Gasteiger partial charge in [0.25, 0.3) is 5.91 Å². The first-order valence-electron chi connectivity index (χ1n) is 7.52. The topological polar surface area (TPSA) is 90.5 Å². The summed E-state index contributed by atoms with van der Waals surface area (Å²) in [5.41, 5.74) is 4.66. The number of hydrogen-bond donors (Lipinski definition) is 3. The zero-order chi connectivity index (χ0) is 20.0. The van der Waals surface area contributed by atoms with Gasteiger partial charge in [0.15, 0.2) is 5.11 Å². The predicted molar refractivity (Wildman–Crippen MR) is 100 cm³/mol. The minimum atomic E-state index is -3.96. The second-order valence-corrected chi connectivity index (χ2v) is 7.78. The molecule has 0 aliphatic carbocycles. The number of rotatable bonds is 5. The lowest BCUT2D eigenvalue weighted by molar-refractivity contribution is -0.121. The molecule has 1 amide bonds. The van der Waals surface area contributed by atoms with Crippen LogP contribution in [0.15, 0.2) is 53.4 Å². The highest BCUT2D eigenvalue weighted by molar-refractivity contribution is 7.89. The Morgan fingerprint density at radius 3 is 2.33 bits per heavy atom. The van der Waals surface area contributed by atoms with E-state index >= 15 is 0 Å². The highest BCUT2D eigenvalue weighted by Gasteiger charge is 2.23. The maximum Gasteiger partial charge on any atom is 0.253 e. The van der Waals surface area contributed by atoms with Crippen LogP contribution < -0.4 is 16.2 Å². The molecule has 0 saturated heterocycles. The van der Waals surface area contributed by atoms with Gasteiger partial charge in [0.05, 0.1) is 17.1 Å². The van der Waals surface area contributed by atoms with Crippen molar-refractivity contribution in [3.05, 3.63) is 60.2 Å². The molecule has 2 aromatic rings. The number of halogens is 2. The lowest BCUT2D eigenvalue weighted by atomic mass is 10.3. The fourth-order valence-corrected chi connectivity index (χ4v) is 3.24. The Kier molecular flexibility index (Phi) is 6.77. The van der Waals surface area contributed by atoms with Gasteiger partial charge < -0.3 is 5.32 Å². The van der Waals surface area contributed by atoms with Crippen LogP contribution in [0.1, 0.15) is 0 Å². The molecule has 0 spiro atoms. The lowest BCUT2D eigenvalue weighted by Gasteiger charge is -2.17. The van der Waals surface area contributed by atoms with Crippen LogP contribution in [0.4, 0.5) is 14.5 Å². The van der Waals surface area contributed by atoms with E-state index in [1.54, 1.807) is 6.07 Å². The lowest BCUT2D eigenvalue weighted by Crippen LogP contribution is -2.48. The van der Waals surface area contributed by atoms with Gasteiger partial charge in [-0.05, 0) is 48.6 Å². The number of hydrogen-bond acceptors (Lipinski definition) is 4. The Hall–Kier alpha value is -2.63. The molecular weight excluding hydrogens is 398 g/mol. The SMILES string of the molecule is CN(CC(=O)NNC(=S)Nc1ccccc1F)S(=O)(=O)c1ccc(F)cc1. The maximum absolute atomic E-state index is 13.5. The fourth-order valence-electron chi connectivity index (χ4n) is 1.96. The summed E-state index contributed by atoms with van der Waals surface area (Å²) in [6.45, 7) is -0.519. The predicted octanol–water partition coefficient (Wildman–Crippen LogP) is 1.60. The van der Waals surface area contributed by atoms with Crippen LogP contribution in [0, 0.1) is 11.6 Å². The van der Waals surface area contributed by atoms with E-state index in [0.717, 1.165) is 28.6 Å². The van der Waals surface area contributed by atoms with Crippen molar-refractivity contribution in [2.24, 2.45) is 0 Å². The first kappa shape index (κ1) is 20.7. The molecule has 0 saturated carbocycles. The normalized spacial score (nSPS) is 11.1. The first-order chi connectivity index (χ1) is 12.7. The van der Waals surface area contributed by atoms with Crippen LogP contribution >= 0.6 is 12.2 Å². The van der Waals surface area contributed by atoms with Gasteiger partial charge in [-0.25, -0.2) is 17.2 Å². The van der Waals surface area contributed by atoms with E-state index in [4.69, 9.17) is 12.2 Å². The molecule has 0 aliphatic rings. The van der Waals surface area contributed by atoms with Crippen molar-refractivity contribution >= 4 is 38.9 Å². The molecule has 0 aromatic heterocycles. The zero-order valence-corrected chi connectivity index (χ0v) is 15.7. The van der Waals surface area contributed by atoms with E-state index in [1.807, 2.05) is 0 Å². The van der Waals surface area contributed by atoms with Crippen LogP contribution in [-0.4, -0.2) is 37.3 Å². The molecule has 0 fully saturated rings. The third-order valence-corrected chi connectivity index (χ3v) is 5.35. The van der Waals surface area contributed by atoms with E-state index in [-0.39, 0.29) is 15.7 Å². The molecule has 2 rings (SSSR count). The van der Waals surface area contributed by atoms with Crippen LogP contribution in [0.2, 0.25) is 0 Å². The van der Waals surface area contributed by atoms with Crippen LogP contribution in [0.5, 0.6) is 0 Å². The number of hydrazine groups is 1. The van der Waals surface area contributed by atoms with E-state index in [0.29, 0.717) is 0 Å². The van der Waals surface area contributed by atoms with Crippen LogP contribution in [-0.2, 0) is 14.8 Å². The highest BCUT2D eigenvalue weighted by Crippen LogP contribution is 2.14. The average Bonchev–Trinajstić information content (AvgIpc) is 2.62. The third-order valence-electron chi connectivity index (χ3n) is 3.33. The Morgan fingerprint density at radius 1 is 1.07 bits per heavy atom. The number of thiocarbonyl (C=S) groups is 1. The highest BCUT2D eigenvalue weighted by atomic mass is 32.2. The smallest absolute Gasteiger partial charge is 0.253 e. The Morgan fingerprint density at radius 2 is 1.70 bits per heavy atom. The fraction of sp³-hybridized carbons (Fsp3) is 0.125. The molecule has 3 N–H and O–H groups in total. The standard InChI is InChI=1S/C16H16F2N4O3S2/c1-22(27(24,25)12-8-6-11(17)7-9-12)10-15(23)20-21-16(26)19-14-5-3-2-4-13(14)18/h2-9H,10H2,1H3,(H,20,23)(H2,19,21,26). The molecule has 2 aromatic carbocycles. The largest absolute Gasteiger partial charge is 0.329 e. The number of nitrogens with one attached hydrogen (secondary N) is 3. The molecule has 0 heterocycles. The van der Waals surface area contributed by atoms with Crippen molar-refractivity contribution in [3.63, 3.8) is 0 Å². The second-order valence-electron chi connectivity index (χ2n) is 5.32. The maximum atomic E-state index is 13.5. The molecule has 27 heavy (non-hydrogen) atoms. The summed E-state index contributed by atoms with van der Waals surface area (Å²) < 4.78 is 51.9. The molecule has 11 heteroatoms. The molecule has 0 bridgehead atoms.